The van der Waals surface area contributed by atoms with E-state index >= 15 is 0 Å². The Morgan fingerprint density at radius 2 is 1.22 bits per heavy atom. The van der Waals surface area contributed by atoms with Crippen LogP contribution in [-0.4, -0.2) is 35.3 Å². The van der Waals surface area contributed by atoms with Crippen molar-refractivity contribution in [3.05, 3.63) is 0 Å². The molecule has 2 unspecified atom stereocenters. The minimum Gasteiger partial charge on any atom is -0.139 e. The molecule has 3 fully saturated rings. The van der Waals surface area contributed by atoms with Gasteiger partial charge in [-0.3, -0.25) is 0 Å². The van der Waals surface area contributed by atoms with Crippen LogP contribution in [-0.2, 0) is 23.6 Å². The minimum atomic E-state index is -1.67. The van der Waals surface area contributed by atoms with Crippen molar-refractivity contribution in [2.24, 2.45) is 10.8 Å². The summed E-state index contributed by atoms with van der Waals surface area (Å²) in [5.74, 6) is 0. The Hall–Kier alpha value is 2.78. The van der Waals surface area contributed by atoms with Crippen LogP contribution in [0.3, 0.4) is 0 Å². The summed E-state index contributed by atoms with van der Waals surface area (Å²) in [6.07, 6.45) is 0. The first-order valence-corrected chi connectivity index (χ1v) is 27.1. The van der Waals surface area contributed by atoms with E-state index in [0.717, 1.165) is 4.91 Å². The smallest absolute Gasteiger partial charge is 0.0812 e. The Labute approximate surface area is 193 Å². The van der Waals surface area contributed by atoms with Crippen LogP contribution in [0.4, 0.5) is 0 Å². The van der Waals surface area contributed by atoms with E-state index in [1.807, 2.05) is 0 Å². The molecule has 0 amide bonds. The summed E-state index contributed by atoms with van der Waals surface area (Å²) in [5, 5.41) is -0.970. The zero-order valence-corrected chi connectivity index (χ0v) is 27.0. The van der Waals surface area contributed by atoms with Crippen molar-refractivity contribution in [2.75, 3.05) is 0 Å². The molecular formula is C18H38P2S5Si2. The lowest BCUT2D eigenvalue weighted by atomic mass is 9.82. The van der Waals surface area contributed by atoms with E-state index in [9.17, 15) is 0 Å². The summed E-state index contributed by atoms with van der Waals surface area (Å²) in [5.41, 5.74) is 0.499. The monoisotopic (exact) mass is 532 g/mol. The van der Waals surface area contributed by atoms with Gasteiger partial charge in [-0.1, -0.05) is 127 Å². The molecule has 0 aromatic carbocycles. The van der Waals surface area contributed by atoms with Crippen LogP contribution < -0.4 is 0 Å². The average molecular weight is 533 g/mol. The second kappa shape index (κ2) is 6.22. The third-order valence-corrected chi connectivity index (χ3v) is 56.5. The van der Waals surface area contributed by atoms with Crippen LogP contribution in [0.1, 0.15) is 41.5 Å². The van der Waals surface area contributed by atoms with Gasteiger partial charge in [0.1, 0.15) is 0 Å². The van der Waals surface area contributed by atoms with E-state index in [0.29, 0.717) is 9.74 Å². The summed E-state index contributed by atoms with van der Waals surface area (Å²) in [6.45, 7) is 30.4. The molecule has 3 heterocycles. The van der Waals surface area contributed by atoms with Gasteiger partial charge in [0.15, 0.2) is 0 Å². The largest absolute Gasteiger partial charge is 0.139 e. The first-order valence-electron chi connectivity index (χ1n) is 9.92. The van der Waals surface area contributed by atoms with Crippen molar-refractivity contribution in [1.29, 1.82) is 0 Å². The average Bonchev–Trinajstić information content (AvgIpc) is 2.96. The molecule has 0 aromatic heterocycles. The lowest BCUT2D eigenvalue weighted by molar-refractivity contribution is 0.323. The van der Waals surface area contributed by atoms with Gasteiger partial charge in [0.05, 0.1) is 29.6 Å². The molecule has 0 aliphatic carbocycles. The van der Waals surface area contributed by atoms with Gasteiger partial charge in [-0.15, -0.1) is 11.8 Å². The normalized spacial score (nSPS) is 44.7. The van der Waals surface area contributed by atoms with Crippen LogP contribution in [0.5, 0.6) is 0 Å². The second-order valence-electron chi connectivity index (χ2n) is 12.8. The molecule has 2 bridgehead atoms. The highest BCUT2D eigenvalue weighted by Gasteiger charge is 2.91. The summed E-state index contributed by atoms with van der Waals surface area (Å²) in [6, 6.07) is 0. The Kier molecular flexibility index (Phi) is 5.62. The van der Waals surface area contributed by atoms with Crippen LogP contribution in [0.2, 0.25) is 39.3 Å². The summed E-state index contributed by atoms with van der Waals surface area (Å²) < 4.78 is -1.05. The number of hydrogen-bond donors (Lipinski definition) is 0. The molecule has 0 nitrogen and oxygen atoms in total. The predicted octanol–water partition coefficient (Wildman–Crippen LogP) is 8.91. The lowest BCUT2D eigenvalue weighted by Gasteiger charge is -2.55. The van der Waals surface area contributed by atoms with Crippen molar-refractivity contribution >= 4 is 83.6 Å². The van der Waals surface area contributed by atoms with E-state index in [1.54, 1.807) is 0 Å². The Morgan fingerprint density at radius 3 is 1.56 bits per heavy atom. The highest BCUT2D eigenvalue weighted by atomic mass is 33.4. The predicted molar refractivity (Wildman–Crippen MR) is 150 cm³/mol. The van der Waals surface area contributed by atoms with Crippen molar-refractivity contribution in [3.8, 4) is 0 Å². The number of hydrogen-bond acceptors (Lipinski definition) is 5. The van der Waals surface area contributed by atoms with Gasteiger partial charge in [-0.2, -0.15) is 0 Å². The molecule has 3 aliphatic heterocycles. The molecule has 5 atom stereocenters. The van der Waals surface area contributed by atoms with Gasteiger partial charge < -0.3 is 0 Å². The van der Waals surface area contributed by atoms with Crippen molar-refractivity contribution in [3.63, 3.8) is 0 Å². The van der Waals surface area contributed by atoms with Crippen LogP contribution in [0, 0.1) is 10.8 Å². The highest BCUT2D eigenvalue weighted by molar-refractivity contribution is 9.22. The first-order chi connectivity index (χ1) is 11.6. The number of fused-ring (bicyclic) bond motifs is 5. The van der Waals surface area contributed by atoms with Crippen molar-refractivity contribution in [2.45, 2.75) is 100.0 Å². The van der Waals surface area contributed by atoms with Gasteiger partial charge in [-0.25, -0.2) is 0 Å². The lowest BCUT2D eigenvalue weighted by Crippen LogP contribution is -2.58. The standard InChI is InChI=1S/C18H38P2S5Si2/c1-15(2,3)17-13-18(23-13,16(4,5)6)20(22,24-17)25-19(17,21)14(26(7,8)9)27(10,11)12/h13-14H,1-12H3/t13-,17-,18+,19?,20?/m0/s1. The van der Waals surface area contributed by atoms with Gasteiger partial charge in [-0.05, 0) is 15.7 Å². The highest BCUT2D eigenvalue weighted by Crippen LogP contribution is 3.17. The third kappa shape index (κ3) is 2.94. The fourth-order valence-corrected chi connectivity index (χ4v) is 90.0. The van der Waals surface area contributed by atoms with Gasteiger partial charge >= 0.3 is 0 Å². The maximum Gasteiger partial charge on any atom is 0.0812 e. The topological polar surface area (TPSA) is 0 Å². The summed E-state index contributed by atoms with van der Waals surface area (Å²) >= 11 is 20.6. The Morgan fingerprint density at radius 1 is 0.815 bits per heavy atom. The fourth-order valence-electron chi connectivity index (χ4n) is 6.05. The molecule has 9 heteroatoms. The minimum absolute atomic E-state index is 0.222. The summed E-state index contributed by atoms with van der Waals surface area (Å²) in [4.78, 5) is 0.813. The van der Waals surface area contributed by atoms with Gasteiger partial charge in [0.25, 0.3) is 0 Å². The van der Waals surface area contributed by atoms with Crippen LogP contribution in [0.25, 0.3) is 0 Å². The molecule has 3 aliphatic rings. The van der Waals surface area contributed by atoms with Crippen LogP contribution >= 0.6 is 43.8 Å². The molecule has 0 saturated carbocycles. The van der Waals surface area contributed by atoms with E-state index in [1.165, 1.54) is 0 Å². The van der Waals surface area contributed by atoms with Crippen LogP contribution in [0.15, 0.2) is 0 Å². The van der Waals surface area contributed by atoms with E-state index in [4.69, 9.17) is 23.6 Å². The Bertz CT molecular complexity index is 757. The van der Waals surface area contributed by atoms with E-state index in [-0.39, 0.29) is 15.3 Å². The maximum absolute atomic E-state index is 7.01. The SMILES string of the molecule is CC(C)(C)[C@]12S[C@H]1[C@@]1(C(C)(C)C)SP2(=S)SP1(=S)C([Si](C)(C)C)[Si](C)(C)C. The molecule has 0 aromatic rings. The maximum atomic E-state index is 7.01. The third-order valence-electron chi connectivity index (χ3n) is 6.44. The number of rotatable bonds is 3. The van der Waals surface area contributed by atoms with E-state index in [2.05, 4.69) is 115 Å². The molecule has 158 valence electrons. The molecule has 3 saturated heterocycles. The zero-order valence-electron chi connectivity index (χ0n) is 19.1. The molecule has 0 radical (unpaired) electrons. The molecular weight excluding hydrogens is 495 g/mol. The first kappa shape index (κ1) is 24.4. The van der Waals surface area contributed by atoms with Gasteiger partial charge in [0.2, 0.25) is 0 Å². The molecule has 3 rings (SSSR count). The fraction of sp³-hybridized carbons (Fsp3) is 1.00. The Balaban J connectivity index is 2.31. The molecule has 27 heavy (non-hydrogen) atoms. The van der Waals surface area contributed by atoms with Gasteiger partial charge in [0, 0.05) is 10.5 Å². The quantitative estimate of drug-likeness (QED) is 0.201. The van der Waals surface area contributed by atoms with E-state index < -0.39 is 25.8 Å². The van der Waals surface area contributed by atoms with Crippen molar-refractivity contribution in [1.82, 2.24) is 0 Å². The molecule has 0 spiro atoms. The second-order valence-corrected chi connectivity index (χ2v) is 45.7. The van der Waals surface area contributed by atoms with Crippen molar-refractivity contribution < 1.29 is 0 Å². The summed E-state index contributed by atoms with van der Waals surface area (Å²) in [7, 11) is -2.80. The zero-order chi connectivity index (χ0) is 21.3. The molecule has 0 N–H and O–H groups in total. The number of thioether (sulfide) groups is 1.